The first kappa shape index (κ1) is 22.3. The number of ether oxygens (including phenoxy) is 3. The van der Waals surface area contributed by atoms with Crippen molar-refractivity contribution in [2.45, 2.75) is 25.3 Å². The van der Waals surface area contributed by atoms with Crippen molar-refractivity contribution in [2.24, 2.45) is 0 Å². The second kappa shape index (κ2) is 9.80. The van der Waals surface area contributed by atoms with E-state index in [4.69, 9.17) is 14.2 Å². The number of amides is 1. The number of aromatic nitrogens is 3. The van der Waals surface area contributed by atoms with E-state index in [9.17, 15) is 4.79 Å². The van der Waals surface area contributed by atoms with Gasteiger partial charge in [-0.1, -0.05) is 0 Å². The zero-order valence-corrected chi connectivity index (χ0v) is 19.6. The first-order valence-corrected chi connectivity index (χ1v) is 11.7. The Morgan fingerprint density at radius 2 is 1.94 bits per heavy atom. The highest BCUT2D eigenvalue weighted by atomic mass is 16.6. The standard InChI is InChI=1S/C25H29N5O4/c1-29(25(31)20-15-21-22(16-27-20)34-14-13-33-21)18-7-11-30(12-8-18)10-6-17-5-9-26-19-3-4-23(32-2)28-24(17)19/h3-5,9,15-16,18H,6-8,10-14H2,1-2H3. The third-order valence-electron chi connectivity index (χ3n) is 6.62. The van der Waals surface area contributed by atoms with Crippen molar-refractivity contribution in [1.82, 2.24) is 24.8 Å². The molecule has 3 aromatic rings. The molecule has 34 heavy (non-hydrogen) atoms. The minimum Gasteiger partial charge on any atom is -0.486 e. The summed E-state index contributed by atoms with van der Waals surface area (Å²) >= 11 is 0. The second-order valence-corrected chi connectivity index (χ2v) is 8.64. The largest absolute Gasteiger partial charge is 0.486 e. The number of methoxy groups -OCH3 is 1. The summed E-state index contributed by atoms with van der Waals surface area (Å²) in [7, 11) is 3.49. The summed E-state index contributed by atoms with van der Waals surface area (Å²) in [6, 6.07) is 7.69. The van der Waals surface area contributed by atoms with Crippen LogP contribution < -0.4 is 14.2 Å². The Labute approximate surface area is 198 Å². The van der Waals surface area contributed by atoms with Gasteiger partial charge in [0.05, 0.1) is 24.3 Å². The number of pyridine rings is 3. The normalized spacial score (nSPS) is 16.4. The van der Waals surface area contributed by atoms with E-state index in [-0.39, 0.29) is 11.9 Å². The van der Waals surface area contributed by atoms with Gasteiger partial charge in [0.25, 0.3) is 5.91 Å². The summed E-state index contributed by atoms with van der Waals surface area (Å²) in [5.74, 6) is 1.69. The van der Waals surface area contributed by atoms with Crippen LogP contribution in [0.2, 0.25) is 0 Å². The molecule has 2 aliphatic heterocycles. The summed E-state index contributed by atoms with van der Waals surface area (Å²) < 4.78 is 16.4. The molecule has 1 saturated heterocycles. The van der Waals surface area contributed by atoms with Crippen molar-refractivity contribution in [3.63, 3.8) is 0 Å². The molecule has 0 radical (unpaired) electrons. The molecule has 0 unspecified atom stereocenters. The van der Waals surface area contributed by atoms with Gasteiger partial charge < -0.3 is 24.0 Å². The highest BCUT2D eigenvalue weighted by Crippen LogP contribution is 2.30. The van der Waals surface area contributed by atoms with Gasteiger partial charge in [-0.05, 0) is 37.0 Å². The van der Waals surface area contributed by atoms with Gasteiger partial charge in [0.15, 0.2) is 11.5 Å². The average Bonchev–Trinajstić information content (AvgIpc) is 2.90. The first-order chi connectivity index (χ1) is 16.6. The van der Waals surface area contributed by atoms with E-state index < -0.39 is 0 Å². The van der Waals surface area contributed by atoms with Crippen LogP contribution in [0.15, 0.2) is 36.7 Å². The zero-order valence-electron chi connectivity index (χ0n) is 19.6. The number of piperidine rings is 1. The predicted molar refractivity (Wildman–Crippen MR) is 127 cm³/mol. The van der Waals surface area contributed by atoms with Crippen LogP contribution in [-0.4, -0.2) is 83.7 Å². The fourth-order valence-corrected chi connectivity index (χ4v) is 4.60. The maximum atomic E-state index is 13.0. The van der Waals surface area contributed by atoms with Gasteiger partial charge >= 0.3 is 0 Å². The molecule has 0 N–H and O–H groups in total. The summed E-state index contributed by atoms with van der Waals surface area (Å²) in [4.78, 5) is 30.6. The van der Waals surface area contributed by atoms with Crippen LogP contribution >= 0.6 is 0 Å². The van der Waals surface area contributed by atoms with Crippen LogP contribution in [0.5, 0.6) is 17.4 Å². The van der Waals surface area contributed by atoms with E-state index in [0.717, 1.165) is 49.9 Å². The third-order valence-corrected chi connectivity index (χ3v) is 6.62. The predicted octanol–water partition coefficient (Wildman–Crippen LogP) is 2.58. The molecule has 0 bridgehead atoms. The fourth-order valence-electron chi connectivity index (χ4n) is 4.60. The second-order valence-electron chi connectivity index (χ2n) is 8.64. The Kier molecular flexibility index (Phi) is 6.44. The van der Waals surface area contributed by atoms with E-state index in [0.29, 0.717) is 36.3 Å². The molecule has 9 nitrogen and oxygen atoms in total. The molecular weight excluding hydrogens is 434 g/mol. The van der Waals surface area contributed by atoms with Crippen molar-refractivity contribution in [3.05, 3.63) is 47.9 Å². The number of hydrogen-bond acceptors (Lipinski definition) is 8. The van der Waals surface area contributed by atoms with Crippen LogP contribution in [0.3, 0.4) is 0 Å². The maximum Gasteiger partial charge on any atom is 0.272 e. The molecule has 0 aromatic carbocycles. The Bertz CT molecular complexity index is 1180. The Balaban J connectivity index is 1.17. The van der Waals surface area contributed by atoms with E-state index >= 15 is 0 Å². The van der Waals surface area contributed by atoms with E-state index in [2.05, 4.69) is 19.9 Å². The lowest BCUT2D eigenvalue weighted by atomic mass is 10.0. The zero-order chi connectivity index (χ0) is 23.5. The van der Waals surface area contributed by atoms with Gasteiger partial charge in [0, 0.05) is 51.1 Å². The summed E-state index contributed by atoms with van der Waals surface area (Å²) in [5.41, 5.74) is 3.34. The van der Waals surface area contributed by atoms with Gasteiger partial charge in [0.2, 0.25) is 5.88 Å². The molecule has 3 aromatic heterocycles. The molecule has 9 heteroatoms. The Hall–Kier alpha value is -3.46. The lowest BCUT2D eigenvalue weighted by Gasteiger charge is -2.36. The van der Waals surface area contributed by atoms with E-state index in [1.807, 2.05) is 36.3 Å². The Morgan fingerprint density at radius 1 is 1.15 bits per heavy atom. The van der Waals surface area contributed by atoms with Gasteiger partial charge in [-0.3, -0.25) is 9.78 Å². The molecule has 0 spiro atoms. The highest BCUT2D eigenvalue weighted by Gasteiger charge is 2.27. The molecule has 1 amide bonds. The summed E-state index contributed by atoms with van der Waals surface area (Å²) in [6.45, 7) is 3.81. The number of fused-ring (bicyclic) bond motifs is 2. The van der Waals surface area contributed by atoms with Crippen molar-refractivity contribution >= 4 is 16.9 Å². The monoisotopic (exact) mass is 463 g/mol. The minimum absolute atomic E-state index is 0.0845. The lowest BCUT2D eigenvalue weighted by Crippen LogP contribution is -2.46. The lowest BCUT2D eigenvalue weighted by molar-refractivity contribution is 0.0636. The molecular formula is C25H29N5O4. The Morgan fingerprint density at radius 3 is 2.74 bits per heavy atom. The first-order valence-electron chi connectivity index (χ1n) is 11.7. The number of likely N-dealkylation sites (tertiary alicyclic amines) is 1. The number of carbonyl (C=O) groups is 1. The fraction of sp³-hybridized carbons (Fsp3) is 0.440. The van der Waals surface area contributed by atoms with Crippen LogP contribution in [0.4, 0.5) is 0 Å². The van der Waals surface area contributed by atoms with Gasteiger partial charge in [-0.15, -0.1) is 0 Å². The molecule has 178 valence electrons. The van der Waals surface area contributed by atoms with E-state index in [1.54, 1.807) is 19.4 Å². The van der Waals surface area contributed by atoms with Crippen molar-refractivity contribution in [3.8, 4) is 17.4 Å². The third kappa shape index (κ3) is 4.61. The SMILES string of the molecule is COc1ccc2nccc(CCN3CCC(N(C)C(=O)c4cc5c(cn4)OCCO5)CC3)c2n1. The molecule has 1 fully saturated rings. The van der Waals surface area contributed by atoms with Gasteiger partial charge in [-0.2, -0.15) is 0 Å². The number of hydrogen-bond donors (Lipinski definition) is 0. The van der Waals surface area contributed by atoms with Crippen molar-refractivity contribution in [1.29, 1.82) is 0 Å². The number of nitrogens with zero attached hydrogens (tertiary/aromatic N) is 5. The molecule has 0 atom stereocenters. The molecule has 0 saturated carbocycles. The van der Waals surface area contributed by atoms with Crippen LogP contribution in [0.1, 0.15) is 28.9 Å². The number of rotatable bonds is 6. The van der Waals surface area contributed by atoms with Crippen LogP contribution in [-0.2, 0) is 6.42 Å². The molecule has 5 heterocycles. The summed E-state index contributed by atoms with van der Waals surface area (Å²) in [6.07, 6.45) is 6.15. The average molecular weight is 464 g/mol. The van der Waals surface area contributed by atoms with Crippen LogP contribution in [0, 0.1) is 0 Å². The molecule has 0 aliphatic carbocycles. The van der Waals surface area contributed by atoms with Crippen molar-refractivity contribution in [2.75, 3.05) is 47.0 Å². The quantitative estimate of drug-likeness (QED) is 0.551. The minimum atomic E-state index is -0.0845. The van der Waals surface area contributed by atoms with Crippen molar-refractivity contribution < 1.29 is 19.0 Å². The smallest absolute Gasteiger partial charge is 0.272 e. The molecule has 2 aliphatic rings. The van der Waals surface area contributed by atoms with Gasteiger partial charge in [-0.25, -0.2) is 9.97 Å². The van der Waals surface area contributed by atoms with Crippen LogP contribution in [0.25, 0.3) is 11.0 Å². The topological polar surface area (TPSA) is 89.9 Å². The molecule has 5 rings (SSSR count). The van der Waals surface area contributed by atoms with E-state index in [1.165, 1.54) is 5.56 Å². The summed E-state index contributed by atoms with van der Waals surface area (Å²) in [5, 5.41) is 0. The maximum absolute atomic E-state index is 13.0. The number of carbonyl (C=O) groups excluding carboxylic acids is 1. The van der Waals surface area contributed by atoms with Gasteiger partial charge in [0.1, 0.15) is 18.9 Å². The highest BCUT2D eigenvalue weighted by molar-refractivity contribution is 5.93.